The Balaban J connectivity index is 1.49. The van der Waals surface area contributed by atoms with Gasteiger partial charge < -0.3 is 19.1 Å². The summed E-state index contributed by atoms with van der Waals surface area (Å²) in [5.41, 5.74) is 3.30. The summed E-state index contributed by atoms with van der Waals surface area (Å²) < 4.78 is 16.3. The number of guanidine groups is 1. The van der Waals surface area contributed by atoms with E-state index in [1.54, 1.807) is 11.0 Å². The zero-order chi connectivity index (χ0) is 21.1. The van der Waals surface area contributed by atoms with E-state index in [0.29, 0.717) is 30.3 Å². The van der Waals surface area contributed by atoms with Gasteiger partial charge in [0, 0.05) is 6.54 Å². The minimum absolute atomic E-state index is 0.0678. The summed E-state index contributed by atoms with van der Waals surface area (Å²) in [7, 11) is 0. The summed E-state index contributed by atoms with van der Waals surface area (Å²) >= 11 is 0. The number of hydrogen-bond acceptors (Lipinski definition) is 5. The molecule has 0 saturated carbocycles. The van der Waals surface area contributed by atoms with E-state index in [2.05, 4.69) is 6.58 Å². The Labute approximate surface area is 175 Å². The van der Waals surface area contributed by atoms with Gasteiger partial charge in [-0.05, 0) is 36.3 Å². The van der Waals surface area contributed by atoms with E-state index in [9.17, 15) is 4.79 Å². The molecule has 2 heterocycles. The molecule has 4 rings (SSSR count). The predicted octanol–water partition coefficient (Wildman–Crippen LogP) is 4.26. The van der Waals surface area contributed by atoms with Crippen LogP contribution < -0.4 is 9.47 Å². The van der Waals surface area contributed by atoms with Crippen LogP contribution in [-0.4, -0.2) is 35.2 Å². The number of carbonyl (C=O) groups excluding carboxylic acids is 1. The van der Waals surface area contributed by atoms with Crippen molar-refractivity contribution in [2.45, 2.75) is 20.1 Å². The highest BCUT2D eigenvalue weighted by atomic mass is 16.7. The van der Waals surface area contributed by atoms with Gasteiger partial charge in [0.15, 0.2) is 11.5 Å². The van der Waals surface area contributed by atoms with Crippen LogP contribution in [0.1, 0.15) is 18.1 Å². The van der Waals surface area contributed by atoms with Crippen molar-refractivity contribution in [3.63, 3.8) is 0 Å². The van der Waals surface area contributed by atoms with Crippen molar-refractivity contribution in [3.8, 4) is 11.5 Å². The van der Waals surface area contributed by atoms with Gasteiger partial charge in [-0.3, -0.25) is 5.41 Å². The van der Waals surface area contributed by atoms with Gasteiger partial charge in [-0.25, -0.2) is 9.69 Å². The molecule has 2 aliphatic heterocycles. The van der Waals surface area contributed by atoms with Gasteiger partial charge in [-0.1, -0.05) is 48.6 Å². The topological polar surface area (TPSA) is 75.1 Å². The summed E-state index contributed by atoms with van der Waals surface area (Å²) in [4.78, 5) is 15.9. The Morgan fingerprint density at radius 3 is 2.70 bits per heavy atom. The second-order valence-electron chi connectivity index (χ2n) is 7.22. The first-order chi connectivity index (χ1) is 14.5. The third-order valence-corrected chi connectivity index (χ3v) is 4.76. The van der Waals surface area contributed by atoms with Crippen molar-refractivity contribution in [2.24, 2.45) is 0 Å². The molecule has 30 heavy (non-hydrogen) atoms. The number of allylic oxidation sites excluding steroid dienone is 2. The second-order valence-corrected chi connectivity index (χ2v) is 7.22. The molecule has 154 valence electrons. The van der Waals surface area contributed by atoms with E-state index in [-0.39, 0.29) is 19.4 Å². The lowest BCUT2D eigenvalue weighted by atomic mass is 10.2. The van der Waals surface area contributed by atoms with Crippen LogP contribution in [0.15, 0.2) is 72.5 Å². The monoisotopic (exact) mass is 405 g/mol. The van der Waals surface area contributed by atoms with E-state index in [1.807, 2.05) is 55.5 Å². The lowest BCUT2D eigenvalue weighted by molar-refractivity contribution is 0.123. The van der Waals surface area contributed by atoms with Crippen molar-refractivity contribution in [2.75, 3.05) is 13.3 Å². The van der Waals surface area contributed by atoms with Crippen LogP contribution in [0, 0.1) is 5.41 Å². The molecule has 1 amide bonds. The van der Waals surface area contributed by atoms with E-state index < -0.39 is 6.09 Å². The highest BCUT2D eigenvalue weighted by Crippen LogP contribution is 2.33. The molecule has 2 aromatic rings. The zero-order valence-corrected chi connectivity index (χ0v) is 16.8. The van der Waals surface area contributed by atoms with E-state index in [0.717, 1.165) is 16.7 Å². The first-order valence-corrected chi connectivity index (χ1v) is 9.60. The number of benzene rings is 2. The molecule has 7 nitrogen and oxygen atoms in total. The Morgan fingerprint density at radius 2 is 1.93 bits per heavy atom. The number of nitrogens with one attached hydrogen (secondary N) is 1. The molecular formula is C23H23N3O4. The highest BCUT2D eigenvalue weighted by molar-refractivity contribution is 5.97. The van der Waals surface area contributed by atoms with Crippen LogP contribution in [0.5, 0.6) is 11.5 Å². The average molecular weight is 405 g/mol. The van der Waals surface area contributed by atoms with Crippen LogP contribution in [0.4, 0.5) is 4.79 Å². The van der Waals surface area contributed by atoms with Crippen LogP contribution in [0.25, 0.3) is 0 Å². The lowest BCUT2D eigenvalue weighted by Crippen LogP contribution is -2.36. The quantitative estimate of drug-likeness (QED) is 0.804. The first-order valence-electron chi connectivity index (χ1n) is 9.60. The molecule has 0 bridgehead atoms. The molecule has 1 N–H and O–H groups in total. The van der Waals surface area contributed by atoms with Crippen LogP contribution >= 0.6 is 0 Å². The normalized spacial score (nSPS) is 16.3. The molecule has 2 aromatic carbocycles. The Bertz CT molecular complexity index is 1020. The fourth-order valence-electron chi connectivity index (χ4n) is 3.39. The smallest absolute Gasteiger partial charge is 0.421 e. The summed E-state index contributed by atoms with van der Waals surface area (Å²) in [6.07, 6.45) is 1.22. The minimum Gasteiger partial charge on any atom is -0.454 e. The van der Waals surface area contributed by atoms with Crippen molar-refractivity contribution in [1.29, 1.82) is 5.41 Å². The van der Waals surface area contributed by atoms with Gasteiger partial charge in [-0.2, -0.15) is 0 Å². The first kappa shape index (κ1) is 19.6. The minimum atomic E-state index is -0.579. The van der Waals surface area contributed by atoms with E-state index in [4.69, 9.17) is 19.6 Å². The fraction of sp³-hybridized carbons (Fsp3) is 0.217. The summed E-state index contributed by atoms with van der Waals surface area (Å²) in [6, 6.07) is 15.1. The van der Waals surface area contributed by atoms with Gasteiger partial charge in [0.2, 0.25) is 12.8 Å². The fourth-order valence-corrected chi connectivity index (χ4v) is 3.39. The number of rotatable bonds is 5. The number of hydrogen-bond donors (Lipinski definition) is 1. The predicted molar refractivity (Wildman–Crippen MR) is 112 cm³/mol. The van der Waals surface area contributed by atoms with E-state index >= 15 is 0 Å². The van der Waals surface area contributed by atoms with Gasteiger partial charge in [0.1, 0.15) is 6.61 Å². The molecule has 2 aliphatic rings. The van der Waals surface area contributed by atoms with Crippen molar-refractivity contribution < 1.29 is 19.0 Å². The molecule has 0 radical (unpaired) electrons. The molecule has 7 heteroatoms. The molecule has 0 spiro atoms. The molecule has 0 unspecified atom stereocenters. The van der Waals surface area contributed by atoms with Crippen molar-refractivity contribution >= 4 is 12.1 Å². The van der Waals surface area contributed by atoms with Crippen LogP contribution in [-0.2, 0) is 17.9 Å². The van der Waals surface area contributed by atoms with E-state index in [1.165, 1.54) is 4.90 Å². The molecule has 1 saturated heterocycles. The number of fused-ring (bicyclic) bond motifs is 1. The van der Waals surface area contributed by atoms with Crippen LogP contribution in [0.2, 0.25) is 0 Å². The van der Waals surface area contributed by atoms with Gasteiger partial charge in [-0.15, -0.1) is 0 Å². The maximum Gasteiger partial charge on any atom is 0.421 e. The number of carbonyl (C=O) groups is 1. The SMILES string of the molecule is C=C(C)/C=C1/CN(Cc2ccc3c(c2)OCO3)C(=N)N1C(=O)OCc1ccccc1. The zero-order valence-electron chi connectivity index (χ0n) is 16.8. The van der Waals surface area contributed by atoms with Crippen molar-refractivity contribution in [3.05, 3.63) is 83.6 Å². The highest BCUT2D eigenvalue weighted by Gasteiger charge is 2.35. The number of nitrogens with zero attached hydrogens (tertiary/aromatic N) is 2. The molecule has 0 aliphatic carbocycles. The Morgan fingerprint density at radius 1 is 1.17 bits per heavy atom. The lowest BCUT2D eigenvalue weighted by Gasteiger charge is -2.20. The molecule has 0 aromatic heterocycles. The maximum absolute atomic E-state index is 12.8. The van der Waals surface area contributed by atoms with Crippen molar-refractivity contribution in [1.82, 2.24) is 9.80 Å². The number of amides is 1. The molecule has 1 fully saturated rings. The standard InChI is InChI=1S/C23H23N3O4/c1-16(2)10-19-13-25(12-18-8-9-20-21(11-18)30-15-29-20)22(24)26(19)23(27)28-14-17-6-4-3-5-7-17/h3-11,24H,1,12-15H2,2H3/b19-10-,24-22?. The summed E-state index contributed by atoms with van der Waals surface area (Å²) in [5.74, 6) is 1.47. The maximum atomic E-state index is 12.8. The number of ether oxygens (including phenoxy) is 3. The summed E-state index contributed by atoms with van der Waals surface area (Å²) in [5, 5.41) is 8.58. The third-order valence-electron chi connectivity index (χ3n) is 4.76. The van der Waals surface area contributed by atoms with Gasteiger partial charge in [0.25, 0.3) is 0 Å². The largest absolute Gasteiger partial charge is 0.454 e. The average Bonchev–Trinajstić information content (AvgIpc) is 3.31. The molecule has 0 atom stereocenters. The Kier molecular flexibility index (Phi) is 5.43. The summed E-state index contributed by atoms with van der Waals surface area (Å²) in [6.45, 7) is 6.97. The third kappa shape index (κ3) is 4.15. The van der Waals surface area contributed by atoms with Crippen LogP contribution in [0.3, 0.4) is 0 Å². The second kappa shape index (κ2) is 8.32. The van der Waals surface area contributed by atoms with Gasteiger partial charge in [0.05, 0.1) is 12.2 Å². The Hall–Kier alpha value is -3.74. The van der Waals surface area contributed by atoms with Gasteiger partial charge >= 0.3 is 6.09 Å². The molecular weight excluding hydrogens is 382 g/mol.